The number of nitrogens with zero attached hydrogens (tertiary/aromatic N) is 2. The average molecular weight is 223 g/mol. The summed E-state index contributed by atoms with van der Waals surface area (Å²) in [6.45, 7) is 0. The van der Waals surface area contributed by atoms with Gasteiger partial charge in [0.15, 0.2) is 0 Å². The molecule has 2 aromatic heterocycles. The number of methoxy groups -OCH3 is 1. The van der Waals surface area contributed by atoms with Crippen LogP contribution in [-0.2, 0) is 4.74 Å². The molecular weight excluding hydrogens is 216 g/mol. The summed E-state index contributed by atoms with van der Waals surface area (Å²) in [5.41, 5.74) is 0.872. The number of esters is 1. The summed E-state index contributed by atoms with van der Waals surface area (Å²) in [7, 11) is 1.31. The van der Waals surface area contributed by atoms with Gasteiger partial charge in [-0.2, -0.15) is 0 Å². The van der Waals surface area contributed by atoms with Gasteiger partial charge in [0.2, 0.25) is 0 Å². The predicted octanol–water partition coefficient (Wildman–Crippen LogP) is 2.07. The third-order valence-corrected chi connectivity index (χ3v) is 2.14. The summed E-state index contributed by atoms with van der Waals surface area (Å²) >= 11 is 5.72. The van der Waals surface area contributed by atoms with Crippen molar-refractivity contribution in [3.8, 4) is 0 Å². The van der Waals surface area contributed by atoms with E-state index in [1.807, 2.05) is 0 Å². The Hall–Kier alpha value is -1.68. The van der Waals surface area contributed by atoms with Gasteiger partial charge in [0.1, 0.15) is 10.8 Å². The van der Waals surface area contributed by atoms with Crippen molar-refractivity contribution in [2.45, 2.75) is 0 Å². The number of pyridine rings is 2. The monoisotopic (exact) mass is 222 g/mol. The molecule has 0 aliphatic heterocycles. The van der Waals surface area contributed by atoms with E-state index in [0.717, 1.165) is 5.39 Å². The highest BCUT2D eigenvalue weighted by Gasteiger charge is 2.07. The van der Waals surface area contributed by atoms with Gasteiger partial charge in [-0.15, -0.1) is 0 Å². The minimum atomic E-state index is -0.466. The van der Waals surface area contributed by atoms with Gasteiger partial charge < -0.3 is 4.74 Å². The first-order chi connectivity index (χ1) is 7.20. The molecule has 0 unspecified atom stereocenters. The first-order valence-electron chi connectivity index (χ1n) is 4.21. The van der Waals surface area contributed by atoms with E-state index in [1.165, 1.54) is 13.3 Å². The lowest BCUT2D eigenvalue weighted by Crippen LogP contribution is -2.03. The Kier molecular flexibility index (Phi) is 2.51. The zero-order valence-electron chi connectivity index (χ0n) is 7.90. The summed E-state index contributed by atoms with van der Waals surface area (Å²) in [5.74, 6) is -0.466. The van der Waals surface area contributed by atoms with Crippen LogP contribution in [0.2, 0.25) is 5.15 Å². The molecule has 0 amide bonds. The molecule has 4 nitrogen and oxygen atoms in total. The van der Waals surface area contributed by atoms with E-state index in [1.54, 1.807) is 18.2 Å². The van der Waals surface area contributed by atoms with Crippen molar-refractivity contribution >= 4 is 28.5 Å². The molecule has 0 saturated carbocycles. The normalized spacial score (nSPS) is 10.3. The van der Waals surface area contributed by atoms with Gasteiger partial charge in [0.25, 0.3) is 0 Å². The molecule has 0 aliphatic rings. The molecule has 0 N–H and O–H groups in total. The molecule has 0 radical (unpaired) electrons. The molecular formula is C10H7ClN2O2. The standard InChI is InChI=1S/C10H7ClN2O2/c1-15-10(14)7-3-2-6-4-9(11)12-5-8(6)13-7/h2-5H,1H3. The minimum absolute atomic E-state index is 0.258. The minimum Gasteiger partial charge on any atom is -0.464 e. The molecule has 2 rings (SSSR count). The number of rotatable bonds is 1. The van der Waals surface area contributed by atoms with Crippen LogP contribution in [0.15, 0.2) is 24.4 Å². The summed E-state index contributed by atoms with van der Waals surface area (Å²) in [4.78, 5) is 19.2. The zero-order chi connectivity index (χ0) is 10.8. The summed E-state index contributed by atoms with van der Waals surface area (Å²) < 4.78 is 4.56. The van der Waals surface area contributed by atoms with Crippen LogP contribution in [0.3, 0.4) is 0 Å². The fraction of sp³-hybridized carbons (Fsp3) is 0.100. The third-order valence-electron chi connectivity index (χ3n) is 1.94. The van der Waals surface area contributed by atoms with Crippen molar-refractivity contribution < 1.29 is 9.53 Å². The van der Waals surface area contributed by atoms with Crippen LogP contribution < -0.4 is 0 Å². The quantitative estimate of drug-likeness (QED) is 0.548. The lowest BCUT2D eigenvalue weighted by molar-refractivity contribution is 0.0594. The van der Waals surface area contributed by atoms with Crippen LogP contribution in [0.25, 0.3) is 10.9 Å². The highest BCUT2D eigenvalue weighted by molar-refractivity contribution is 6.30. The number of carbonyl (C=O) groups is 1. The summed E-state index contributed by atoms with van der Waals surface area (Å²) in [6.07, 6.45) is 1.52. The highest BCUT2D eigenvalue weighted by Crippen LogP contribution is 2.15. The lowest BCUT2D eigenvalue weighted by Gasteiger charge is -2.00. The maximum atomic E-state index is 11.2. The molecule has 2 aromatic rings. The Morgan fingerprint density at radius 3 is 3.00 bits per heavy atom. The number of fused-ring (bicyclic) bond motifs is 1. The second kappa shape index (κ2) is 3.82. The maximum Gasteiger partial charge on any atom is 0.356 e. The molecule has 0 atom stereocenters. The van der Waals surface area contributed by atoms with Crippen LogP contribution in [0.5, 0.6) is 0 Å². The van der Waals surface area contributed by atoms with Crippen molar-refractivity contribution in [1.82, 2.24) is 9.97 Å². The lowest BCUT2D eigenvalue weighted by atomic mass is 10.2. The number of ether oxygens (including phenoxy) is 1. The van der Waals surface area contributed by atoms with Crippen molar-refractivity contribution in [2.75, 3.05) is 7.11 Å². The molecule has 0 fully saturated rings. The second-order valence-electron chi connectivity index (χ2n) is 2.89. The van der Waals surface area contributed by atoms with Gasteiger partial charge >= 0.3 is 5.97 Å². The van der Waals surface area contributed by atoms with Crippen LogP contribution in [0, 0.1) is 0 Å². The van der Waals surface area contributed by atoms with Crippen LogP contribution in [-0.4, -0.2) is 23.0 Å². The predicted molar refractivity (Wildman–Crippen MR) is 55.9 cm³/mol. The van der Waals surface area contributed by atoms with Gasteiger partial charge in [-0.1, -0.05) is 17.7 Å². The van der Waals surface area contributed by atoms with Crippen LogP contribution >= 0.6 is 11.6 Å². The van der Waals surface area contributed by atoms with Gasteiger partial charge in [-0.25, -0.2) is 14.8 Å². The van der Waals surface area contributed by atoms with Gasteiger partial charge in [-0.05, 0) is 12.1 Å². The van der Waals surface area contributed by atoms with E-state index < -0.39 is 5.97 Å². The number of aromatic nitrogens is 2. The van der Waals surface area contributed by atoms with Crippen LogP contribution in [0.1, 0.15) is 10.5 Å². The molecule has 5 heteroatoms. The van der Waals surface area contributed by atoms with Crippen molar-refractivity contribution in [2.24, 2.45) is 0 Å². The maximum absolute atomic E-state index is 11.2. The van der Waals surface area contributed by atoms with Crippen LogP contribution in [0.4, 0.5) is 0 Å². The Labute approximate surface area is 90.9 Å². The number of carbonyl (C=O) groups excluding carboxylic acids is 1. The molecule has 15 heavy (non-hydrogen) atoms. The Morgan fingerprint density at radius 2 is 2.27 bits per heavy atom. The molecule has 0 bridgehead atoms. The molecule has 0 aromatic carbocycles. The Morgan fingerprint density at radius 1 is 1.47 bits per heavy atom. The fourth-order valence-electron chi connectivity index (χ4n) is 1.22. The average Bonchev–Trinajstić information content (AvgIpc) is 2.27. The molecule has 0 spiro atoms. The topological polar surface area (TPSA) is 52.1 Å². The third kappa shape index (κ3) is 1.89. The second-order valence-corrected chi connectivity index (χ2v) is 3.28. The first-order valence-corrected chi connectivity index (χ1v) is 4.59. The SMILES string of the molecule is COC(=O)c1ccc2cc(Cl)ncc2n1. The zero-order valence-corrected chi connectivity index (χ0v) is 8.65. The fourth-order valence-corrected chi connectivity index (χ4v) is 1.38. The smallest absolute Gasteiger partial charge is 0.356 e. The van der Waals surface area contributed by atoms with Gasteiger partial charge in [0.05, 0.1) is 18.8 Å². The van der Waals surface area contributed by atoms with E-state index in [2.05, 4.69) is 14.7 Å². The van der Waals surface area contributed by atoms with E-state index in [4.69, 9.17) is 11.6 Å². The van der Waals surface area contributed by atoms with Gasteiger partial charge in [-0.3, -0.25) is 0 Å². The van der Waals surface area contributed by atoms with E-state index in [0.29, 0.717) is 10.7 Å². The van der Waals surface area contributed by atoms with E-state index >= 15 is 0 Å². The largest absolute Gasteiger partial charge is 0.464 e. The molecule has 0 saturated heterocycles. The number of halogens is 1. The summed E-state index contributed by atoms with van der Waals surface area (Å²) in [6, 6.07) is 5.03. The molecule has 2 heterocycles. The highest BCUT2D eigenvalue weighted by atomic mass is 35.5. The Balaban J connectivity index is 2.57. The number of hydrogen-bond acceptors (Lipinski definition) is 4. The van der Waals surface area contributed by atoms with Crippen molar-refractivity contribution in [3.63, 3.8) is 0 Å². The van der Waals surface area contributed by atoms with Gasteiger partial charge in [0, 0.05) is 5.39 Å². The number of hydrogen-bond donors (Lipinski definition) is 0. The first kappa shape index (κ1) is 9.86. The molecule has 76 valence electrons. The Bertz CT molecular complexity index is 528. The van der Waals surface area contributed by atoms with E-state index in [-0.39, 0.29) is 5.69 Å². The molecule has 0 aliphatic carbocycles. The van der Waals surface area contributed by atoms with Crippen molar-refractivity contribution in [1.29, 1.82) is 0 Å². The van der Waals surface area contributed by atoms with E-state index in [9.17, 15) is 4.79 Å². The summed E-state index contributed by atoms with van der Waals surface area (Å²) in [5, 5.41) is 1.23. The van der Waals surface area contributed by atoms with Crippen molar-refractivity contribution in [3.05, 3.63) is 35.2 Å².